The molecule has 0 spiro atoms. The summed E-state index contributed by atoms with van der Waals surface area (Å²) in [6.07, 6.45) is 0.738. The van der Waals surface area contributed by atoms with E-state index < -0.39 is 0 Å². The summed E-state index contributed by atoms with van der Waals surface area (Å²) in [6.45, 7) is 6.64. The Hall–Kier alpha value is -0.570. The Morgan fingerprint density at radius 3 is 2.36 bits per heavy atom. The molecule has 0 aliphatic heterocycles. The minimum Gasteiger partial charge on any atom is -0.356 e. The lowest BCUT2D eigenvalue weighted by atomic mass is 9.96. The Morgan fingerprint density at radius 1 is 1.45 bits per heavy atom. The fraction of sp³-hybridized carbons (Fsp3) is 0.875. The third kappa shape index (κ3) is 4.79. The molecule has 0 rings (SSSR count). The van der Waals surface area contributed by atoms with E-state index in [1.54, 1.807) is 0 Å². The van der Waals surface area contributed by atoms with Gasteiger partial charge in [-0.1, -0.05) is 20.8 Å². The first kappa shape index (κ1) is 10.4. The molecule has 0 fully saturated rings. The van der Waals surface area contributed by atoms with E-state index in [-0.39, 0.29) is 11.3 Å². The van der Waals surface area contributed by atoms with Gasteiger partial charge in [-0.05, 0) is 6.42 Å². The average Bonchev–Trinajstić information content (AvgIpc) is 1.86. The minimum atomic E-state index is -0.304. The molecule has 0 unspecified atom stereocenters. The molecule has 0 heterocycles. The fourth-order valence-electron chi connectivity index (χ4n) is 0.555. The van der Waals surface area contributed by atoms with Crippen LogP contribution in [0.4, 0.5) is 0 Å². The van der Waals surface area contributed by atoms with Crippen LogP contribution in [0.15, 0.2) is 0 Å². The maximum Gasteiger partial charge on any atom is 0.225 e. The van der Waals surface area contributed by atoms with Gasteiger partial charge in [0.1, 0.15) is 0 Å². The number of carbonyl (C=O) groups is 1. The molecule has 2 N–H and O–H groups in total. The quantitative estimate of drug-likeness (QED) is 0.606. The van der Waals surface area contributed by atoms with Crippen LogP contribution in [-0.4, -0.2) is 19.0 Å². The molecule has 11 heavy (non-hydrogen) atoms. The number of nitrogens with one attached hydrogen (secondary N) is 2. The standard InChI is InChI=1S/C8H17N2O/c1-8(2,3)7(11)10-6-4-5-9/h9H,4-6H2,1-3H3,(H,10,11). The van der Waals surface area contributed by atoms with E-state index in [2.05, 4.69) is 5.32 Å². The van der Waals surface area contributed by atoms with Gasteiger partial charge in [-0.25, -0.2) is 0 Å². The highest BCUT2D eigenvalue weighted by atomic mass is 16.2. The van der Waals surface area contributed by atoms with Crippen molar-refractivity contribution in [1.29, 1.82) is 0 Å². The van der Waals surface area contributed by atoms with Crippen LogP contribution in [0, 0.1) is 5.41 Å². The molecule has 1 amide bonds. The maximum absolute atomic E-state index is 11.2. The molecule has 3 heteroatoms. The number of hydrogen-bond acceptors (Lipinski definition) is 1. The molecule has 0 saturated heterocycles. The van der Waals surface area contributed by atoms with Crippen molar-refractivity contribution in [2.45, 2.75) is 27.2 Å². The largest absolute Gasteiger partial charge is 0.356 e. The fourth-order valence-corrected chi connectivity index (χ4v) is 0.555. The highest BCUT2D eigenvalue weighted by Gasteiger charge is 2.19. The molecule has 0 aromatic rings. The molecule has 3 nitrogen and oxygen atoms in total. The van der Waals surface area contributed by atoms with E-state index >= 15 is 0 Å². The number of amides is 1. The van der Waals surface area contributed by atoms with Crippen LogP contribution in [0.3, 0.4) is 0 Å². The third-order valence-corrected chi connectivity index (χ3v) is 1.32. The van der Waals surface area contributed by atoms with Crippen LogP contribution < -0.4 is 11.1 Å². The number of carbonyl (C=O) groups excluding carboxylic acids is 1. The van der Waals surface area contributed by atoms with Gasteiger partial charge in [0.15, 0.2) is 0 Å². The molecule has 0 saturated carbocycles. The van der Waals surface area contributed by atoms with Gasteiger partial charge in [0.2, 0.25) is 5.91 Å². The Morgan fingerprint density at radius 2 is 2.00 bits per heavy atom. The first-order valence-electron chi connectivity index (χ1n) is 3.91. The van der Waals surface area contributed by atoms with Crippen molar-refractivity contribution in [2.75, 3.05) is 13.1 Å². The summed E-state index contributed by atoms with van der Waals surface area (Å²) in [5.74, 6) is 0.0611. The van der Waals surface area contributed by atoms with E-state index in [0.717, 1.165) is 6.42 Å². The van der Waals surface area contributed by atoms with Gasteiger partial charge in [0.05, 0.1) is 0 Å². The highest BCUT2D eigenvalue weighted by Crippen LogP contribution is 2.11. The van der Waals surface area contributed by atoms with Gasteiger partial charge >= 0.3 is 0 Å². The zero-order valence-corrected chi connectivity index (χ0v) is 7.53. The zero-order chi connectivity index (χ0) is 8.91. The van der Waals surface area contributed by atoms with Crippen LogP contribution in [0.2, 0.25) is 0 Å². The molecule has 0 aliphatic rings. The molecule has 1 radical (unpaired) electrons. The lowest BCUT2D eigenvalue weighted by Crippen LogP contribution is -2.35. The van der Waals surface area contributed by atoms with Crippen molar-refractivity contribution in [3.63, 3.8) is 0 Å². The number of rotatable bonds is 3. The van der Waals surface area contributed by atoms with Crippen LogP contribution in [0.1, 0.15) is 27.2 Å². The lowest BCUT2D eigenvalue weighted by Gasteiger charge is -2.17. The summed E-state index contributed by atoms with van der Waals surface area (Å²) in [5.41, 5.74) is 6.55. The Kier molecular flexibility index (Phi) is 4.11. The molecule has 0 bridgehead atoms. The van der Waals surface area contributed by atoms with Gasteiger partial charge in [-0.2, -0.15) is 0 Å². The second kappa shape index (κ2) is 4.34. The molecule has 0 atom stereocenters. The monoisotopic (exact) mass is 157 g/mol. The van der Waals surface area contributed by atoms with Crippen LogP contribution in [-0.2, 0) is 4.79 Å². The highest BCUT2D eigenvalue weighted by molar-refractivity contribution is 5.81. The topological polar surface area (TPSA) is 52.9 Å². The lowest BCUT2D eigenvalue weighted by molar-refractivity contribution is -0.128. The van der Waals surface area contributed by atoms with Crippen molar-refractivity contribution in [3.05, 3.63) is 0 Å². The van der Waals surface area contributed by atoms with E-state index in [0.29, 0.717) is 13.1 Å². The maximum atomic E-state index is 11.2. The Bertz CT molecular complexity index is 127. The minimum absolute atomic E-state index is 0.0611. The van der Waals surface area contributed by atoms with Gasteiger partial charge in [0.25, 0.3) is 0 Å². The summed E-state index contributed by atoms with van der Waals surface area (Å²) in [6, 6.07) is 0. The second-order valence-corrected chi connectivity index (χ2v) is 3.61. The van der Waals surface area contributed by atoms with Crippen molar-refractivity contribution in [3.8, 4) is 0 Å². The predicted molar refractivity (Wildman–Crippen MR) is 45.0 cm³/mol. The van der Waals surface area contributed by atoms with Crippen LogP contribution >= 0.6 is 0 Å². The van der Waals surface area contributed by atoms with Crippen LogP contribution in [0.5, 0.6) is 0 Å². The van der Waals surface area contributed by atoms with E-state index in [1.807, 2.05) is 20.8 Å². The summed E-state index contributed by atoms with van der Waals surface area (Å²) in [7, 11) is 0. The van der Waals surface area contributed by atoms with Gasteiger partial charge in [0, 0.05) is 18.5 Å². The summed E-state index contributed by atoms with van der Waals surface area (Å²) in [4.78, 5) is 11.2. The van der Waals surface area contributed by atoms with Crippen molar-refractivity contribution in [2.24, 2.45) is 5.41 Å². The molecule has 0 aromatic carbocycles. The van der Waals surface area contributed by atoms with E-state index in [4.69, 9.17) is 5.73 Å². The first-order chi connectivity index (χ1) is 4.98. The van der Waals surface area contributed by atoms with Crippen LogP contribution in [0.25, 0.3) is 0 Å². The van der Waals surface area contributed by atoms with E-state index in [1.165, 1.54) is 0 Å². The summed E-state index contributed by atoms with van der Waals surface area (Å²) in [5, 5.41) is 2.76. The van der Waals surface area contributed by atoms with Gasteiger partial charge in [-0.15, -0.1) is 0 Å². The van der Waals surface area contributed by atoms with E-state index in [9.17, 15) is 4.79 Å². The molecule has 0 aromatic heterocycles. The molecular weight excluding hydrogens is 140 g/mol. The Balaban J connectivity index is 3.54. The van der Waals surface area contributed by atoms with Crippen molar-refractivity contribution >= 4 is 5.91 Å². The molecular formula is C8H17N2O. The second-order valence-electron chi connectivity index (χ2n) is 3.61. The zero-order valence-electron chi connectivity index (χ0n) is 7.53. The summed E-state index contributed by atoms with van der Waals surface area (Å²) < 4.78 is 0. The molecule has 65 valence electrons. The summed E-state index contributed by atoms with van der Waals surface area (Å²) >= 11 is 0. The van der Waals surface area contributed by atoms with Crippen molar-refractivity contribution < 1.29 is 4.79 Å². The normalized spacial score (nSPS) is 11.3. The van der Waals surface area contributed by atoms with Gasteiger partial charge in [-0.3, -0.25) is 10.5 Å². The first-order valence-corrected chi connectivity index (χ1v) is 3.91. The van der Waals surface area contributed by atoms with Gasteiger partial charge < -0.3 is 5.32 Å². The Labute approximate surface area is 68.3 Å². The number of hydrogen-bond donors (Lipinski definition) is 1. The predicted octanol–water partition coefficient (Wildman–Crippen LogP) is 0.822. The molecule has 0 aliphatic carbocycles. The average molecular weight is 157 g/mol. The smallest absolute Gasteiger partial charge is 0.225 e. The SMILES string of the molecule is CC(C)(C)C(=O)NCCC[NH]. The third-order valence-electron chi connectivity index (χ3n) is 1.32. The van der Waals surface area contributed by atoms with Crippen molar-refractivity contribution in [1.82, 2.24) is 11.1 Å².